The smallest absolute Gasteiger partial charge is 0.223 e. The molecule has 1 aliphatic carbocycles. The summed E-state index contributed by atoms with van der Waals surface area (Å²) < 4.78 is 34.5. The highest BCUT2D eigenvalue weighted by Gasteiger charge is 2.28. The minimum atomic E-state index is -0.473. The van der Waals surface area contributed by atoms with Crippen molar-refractivity contribution in [3.8, 4) is 11.3 Å². The Morgan fingerprint density at radius 1 is 1.22 bits per heavy atom. The number of nitrogens with two attached hydrogens (primary N) is 1. The van der Waals surface area contributed by atoms with Crippen LogP contribution in [0, 0.1) is 23.5 Å². The summed E-state index contributed by atoms with van der Waals surface area (Å²) in [4.78, 5) is 26.4. The maximum absolute atomic E-state index is 15.2. The Kier molecular flexibility index (Phi) is 7.00. The van der Waals surface area contributed by atoms with E-state index in [2.05, 4.69) is 16.5 Å². The number of H-pyrrole nitrogens is 1. The van der Waals surface area contributed by atoms with Crippen LogP contribution in [-0.2, 0) is 16.0 Å². The molecular weight excluding hydrogens is 464 g/mol. The number of halogens is 2. The number of aromatic amines is 1. The molecule has 5 rings (SSSR count). The largest absolute Gasteiger partial charge is 0.399 e. The van der Waals surface area contributed by atoms with Gasteiger partial charge in [-0.25, -0.2) is 18.7 Å². The number of aromatic nitrogens is 3. The van der Waals surface area contributed by atoms with E-state index in [0.717, 1.165) is 31.9 Å². The summed E-state index contributed by atoms with van der Waals surface area (Å²) in [5, 5.41) is 0.543. The zero-order valence-corrected chi connectivity index (χ0v) is 20.2. The van der Waals surface area contributed by atoms with Gasteiger partial charge in [0.25, 0.3) is 0 Å². The Morgan fingerprint density at radius 3 is 2.78 bits per heavy atom. The molecule has 9 heteroatoms. The Bertz CT molecular complexity index is 1280. The van der Waals surface area contributed by atoms with Crippen molar-refractivity contribution in [2.75, 3.05) is 26.3 Å². The molecule has 3 aromatic rings. The average Bonchev–Trinajstić information content (AvgIpc) is 3.28. The number of rotatable bonds is 6. The molecule has 4 heterocycles. The second-order valence-electron chi connectivity index (χ2n) is 9.89. The van der Waals surface area contributed by atoms with Gasteiger partial charge in [-0.15, -0.1) is 0 Å². The second kappa shape index (κ2) is 10.3. The third kappa shape index (κ3) is 5.11. The number of hydrogen-bond acceptors (Lipinski definition) is 5. The lowest BCUT2D eigenvalue weighted by Crippen LogP contribution is -2.41. The van der Waals surface area contributed by atoms with E-state index in [1.54, 1.807) is 6.20 Å². The van der Waals surface area contributed by atoms with Gasteiger partial charge in [0, 0.05) is 47.9 Å². The fourth-order valence-electron chi connectivity index (χ4n) is 5.53. The molecule has 0 bridgehead atoms. The van der Waals surface area contributed by atoms with Crippen LogP contribution in [0.4, 0.5) is 8.78 Å². The van der Waals surface area contributed by atoms with E-state index in [1.165, 1.54) is 12.1 Å². The van der Waals surface area contributed by atoms with Crippen LogP contribution < -0.4 is 5.73 Å². The summed E-state index contributed by atoms with van der Waals surface area (Å²) in [5.74, 6) is -0.214. The van der Waals surface area contributed by atoms with Crippen molar-refractivity contribution in [3.63, 3.8) is 0 Å². The van der Waals surface area contributed by atoms with Crippen LogP contribution in [0.3, 0.4) is 0 Å². The first kappa shape index (κ1) is 24.4. The third-order valence-electron chi connectivity index (χ3n) is 7.35. The van der Waals surface area contributed by atoms with Crippen LogP contribution in [0.2, 0.25) is 0 Å². The molecule has 0 unspecified atom stereocenters. The lowest BCUT2D eigenvalue weighted by Gasteiger charge is -2.32. The predicted octanol–water partition coefficient (Wildman–Crippen LogP) is 4.43. The summed E-state index contributed by atoms with van der Waals surface area (Å²) in [5.41, 5.74) is 8.43. The summed E-state index contributed by atoms with van der Waals surface area (Å²) in [6.45, 7) is 6.27. The van der Waals surface area contributed by atoms with Gasteiger partial charge in [0.2, 0.25) is 5.91 Å². The zero-order chi connectivity index (χ0) is 25.2. The van der Waals surface area contributed by atoms with Crippen molar-refractivity contribution >= 4 is 22.6 Å². The van der Waals surface area contributed by atoms with Crippen LogP contribution in [0.25, 0.3) is 28.0 Å². The van der Waals surface area contributed by atoms with Gasteiger partial charge in [0.15, 0.2) is 0 Å². The van der Waals surface area contributed by atoms with Crippen LogP contribution in [-0.4, -0.2) is 52.1 Å². The Morgan fingerprint density at radius 2 is 2.00 bits per heavy atom. The number of carbonyl (C=O) groups is 1. The minimum absolute atomic E-state index is 0.181. The molecule has 3 aromatic heterocycles. The number of morpholine rings is 1. The van der Waals surface area contributed by atoms with Crippen molar-refractivity contribution in [2.24, 2.45) is 17.6 Å². The number of hydrogen-bond donors (Lipinski definition) is 2. The maximum Gasteiger partial charge on any atom is 0.223 e. The monoisotopic (exact) mass is 495 g/mol. The van der Waals surface area contributed by atoms with Gasteiger partial charge in [-0.1, -0.05) is 19.4 Å². The molecular formula is C27H31F2N5O2. The lowest BCUT2D eigenvalue weighted by molar-refractivity contribution is -0.136. The fourth-order valence-corrected chi connectivity index (χ4v) is 5.53. The van der Waals surface area contributed by atoms with Gasteiger partial charge in [-0.05, 0) is 43.2 Å². The molecule has 2 fully saturated rings. The summed E-state index contributed by atoms with van der Waals surface area (Å²) in [7, 11) is 0. The highest BCUT2D eigenvalue weighted by Crippen LogP contribution is 2.36. The normalized spacial score (nSPS) is 20.6. The molecule has 0 spiro atoms. The predicted molar refractivity (Wildman–Crippen MR) is 134 cm³/mol. The van der Waals surface area contributed by atoms with Gasteiger partial charge < -0.3 is 20.4 Å². The highest BCUT2D eigenvalue weighted by molar-refractivity contribution is 5.95. The first-order chi connectivity index (χ1) is 17.4. The Balaban J connectivity index is 1.37. The molecule has 36 heavy (non-hydrogen) atoms. The van der Waals surface area contributed by atoms with E-state index in [4.69, 9.17) is 15.5 Å². The summed E-state index contributed by atoms with van der Waals surface area (Å²) >= 11 is 0. The van der Waals surface area contributed by atoms with Crippen molar-refractivity contribution in [1.29, 1.82) is 0 Å². The molecule has 1 aliphatic heterocycles. The molecule has 190 valence electrons. The van der Waals surface area contributed by atoms with Crippen molar-refractivity contribution in [2.45, 2.75) is 38.5 Å². The van der Waals surface area contributed by atoms with Gasteiger partial charge in [-0.3, -0.25) is 4.79 Å². The van der Waals surface area contributed by atoms with E-state index in [-0.39, 0.29) is 23.4 Å². The number of pyridine rings is 2. The molecule has 3 N–H and O–H groups in total. The molecule has 1 amide bonds. The fraction of sp³-hybridized carbons (Fsp3) is 0.444. The maximum atomic E-state index is 15.2. The third-order valence-corrected chi connectivity index (χ3v) is 7.35. The minimum Gasteiger partial charge on any atom is -0.399 e. The number of fused-ring (bicyclic) bond motifs is 1. The van der Waals surface area contributed by atoms with E-state index < -0.39 is 11.6 Å². The van der Waals surface area contributed by atoms with E-state index in [0.29, 0.717) is 72.7 Å². The quantitative estimate of drug-likeness (QED) is 0.527. The molecule has 1 saturated carbocycles. The van der Waals surface area contributed by atoms with Crippen LogP contribution >= 0.6 is 0 Å². The number of nitrogens with zero attached hydrogens (tertiary/aromatic N) is 3. The number of nitrogens with one attached hydrogen (secondary N) is 1. The van der Waals surface area contributed by atoms with Crippen molar-refractivity contribution in [1.82, 2.24) is 19.9 Å². The van der Waals surface area contributed by atoms with Crippen LogP contribution in [0.15, 0.2) is 31.1 Å². The lowest BCUT2D eigenvalue weighted by atomic mass is 9.77. The molecule has 2 atom stereocenters. The first-order valence-electron chi connectivity index (χ1n) is 12.5. The number of ether oxygens (including phenoxy) is 1. The number of carbonyl (C=O) groups excluding carboxylic acids is 1. The van der Waals surface area contributed by atoms with E-state index >= 15 is 4.39 Å². The summed E-state index contributed by atoms with van der Waals surface area (Å²) in [6, 6.07) is 2.74. The SMILES string of the molecule is C=C(N)c1cc(F)c(C[C@H]2CCC[C@@H](CC(=O)N3CCOCC3)C2)nc1-c1c[nH]c2ncc(F)cc12. The van der Waals surface area contributed by atoms with Gasteiger partial charge in [0.05, 0.1) is 30.8 Å². The molecule has 7 nitrogen and oxygen atoms in total. The van der Waals surface area contributed by atoms with Gasteiger partial charge in [-0.2, -0.15) is 0 Å². The van der Waals surface area contributed by atoms with Crippen molar-refractivity contribution in [3.05, 3.63) is 54.0 Å². The molecule has 2 aliphatic rings. The first-order valence-corrected chi connectivity index (χ1v) is 12.5. The van der Waals surface area contributed by atoms with Gasteiger partial charge in [0.1, 0.15) is 17.3 Å². The van der Waals surface area contributed by atoms with Crippen LogP contribution in [0.5, 0.6) is 0 Å². The molecule has 0 aromatic carbocycles. The second-order valence-corrected chi connectivity index (χ2v) is 9.89. The topological polar surface area (TPSA) is 97.1 Å². The zero-order valence-electron chi connectivity index (χ0n) is 20.2. The van der Waals surface area contributed by atoms with E-state index in [9.17, 15) is 9.18 Å². The Hall–Kier alpha value is -3.33. The van der Waals surface area contributed by atoms with Crippen LogP contribution in [0.1, 0.15) is 43.4 Å². The van der Waals surface area contributed by atoms with E-state index in [1.807, 2.05) is 4.90 Å². The highest BCUT2D eigenvalue weighted by atomic mass is 19.1. The standard InChI is InChI=1S/C27H31F2N5O2/c1-16(30)20-13-23(29)24(33-26(20)22-15-32-27-21(22)12-19(28)14-31-27)10-17-3-2-4-18(9-17)11-25(35)34-5-7-36-8-6-34/h12-15,17-18H,1-11,30H2,(H,31,32)/t17-,18+/m0/s1. The van der Waals surface area contributed by atoms with Gasteiger partial charge >= 0.3 is 0 Å². The Labute approximate surface area is 208 Å². The molecule has 0 radical (unpaired) electrons. The summed E-state index contributed by atoms with van der Waals surface area (Å²) in [6.07, 6.45) is 7.65. The molecule has 1 saturated heterocycles. The van der Waals surface area contributed by atoms with Crippen molar-refractivity contribution < 1.29 is 18.3 Å². The average molecular weight is 496 g/mol. The number of amides is 1.